The highest BCUT2D eigenvalue weighted by Crippen LogP contribution is 2.35. The summed E-state index contributed by atoms with van der Waals surface area (Å²) in [6.45, 7) is 1.80. The molecule has 2 aromatic carbocycles. The first-order valence-electron chi connectivity index (χ1n) is 5.81. The second-order valence-electron chi connectivity index (χ2n) is 4.25. The Kier molecular flexibility index (Phi) is 3.79. The maximum Gasteiger partial charge on any atom is 0.573 e. The van der Waals surface area contributed by atoms with Gasteiger partial charge in [-0.05, 0) is 18.6 Å². The van der Waals surface area contributed by atoms with Crippen molar-refractivity contribution in [3.63, 3.8) is 0 Å². The minimum absolute atomic E-state index is 0.232. The van der Waals surface area contributed by atoms with Crippen LogP contribution in [0.2, 0.25) is 0 Å². The molecule has 2 nitrogen and oxygen atoms in total. The van der Waals surface area contributed by atoms with Crippen LogP contribution >= 0.6 is 0 Å². The van der Waals surface area contributed by atoms with E-state index in [1.54, 1.807) is 31.2 Å². The molecular weight excluding hydrogens is 269 g/mol. The Bertz CT molecular complexity index is 633. The van der Waals surface area contributed by atoms with Crippen LogP contribution in [0.15, 0.2) is 42.5 Å². The molecule has 0 atom stereocenters. The maximum atomic E-state index is 12.4. The highest BCUT2D eigenvalue weighted by atomic mass is 19.4. The van der Waals surface area contributed by atoms with Gasteiger partial charge in [0, 0.05) is 11.1 Å². The first-order chi connectivity index (χ1) is 9.40. The van der Waals surface area contributed by atoms with Crippen molar-refractivity contribution in [3.05, 3.63) is 53.6 Å². The molecule has 0 amide bonds. The summed E-state index contributed by atoms with van der Waals surface area (Å²) in [6.07, 6.45) is -4.17. The van der Waals surface area contributed by atoms with E-state index in [1.165, 1.54) is 18.2 Å². The third-order valence-corrected chi connectivity index (χ3v) is 2.74. The number of aldehydes is 1. The number of halogens is 3. The first kappa shape index (κ1) is 14.1. The molecular formula is C15H11F3O2. The summed E-state index contributed by atoms with van der Waals surface area (Å²) in [5.74, 6) is -0.325. The number of ether oxygens (including phenoxy) is 1. The largest absolute Gasteiger partial charge is 0.573 e. The lowest BCUT2D eigenvalue weighted by Gasteiger charge is -2.14. The molecule has 0 N–H and O–H groups in total. The van der Waals surface area contributed by atoms with Gasteiger partial charge in [-0.3, -0.25) is 4.79 Å². The Morgan fingerprint density at radius 3 is 2.40 bits per heavy atom. The molecule has 20 heavy (non-hydrogen) atoms. The molecule has 104 valence electrons. The van der Waals surface area contributed by atoms with Crippen LogP contribution in [0.4, 0.5) is 13.2 Å². The molecule has 0 aliphatic rings. The van der Waals surface area contributed by atoms with E-state index in [2.05, 4.69) is 4.74 Å². The zero-order chi connectivity index (χ0) is 14.8. The Hall–Kier alpha value is -2.30. The normalized spacial score (nSPS) is 11.2. The molecule has 0 aliphatic heterocycles. The predicted octanol–water partition coefficient (Wildman–Crippen LogP) is 4.37. The van der Waals surface area contributed by atoms with Gasteiger partial charge in [-0.1, -0.05) is 42.0 Å². The molecule has 2 aromatic rings. The molecule has 0 fully saturated rings. The fourth-order valence-corrected chi connectivity index (χ4v) is 1.91. The summed E-state index contributed by atoms with van der Waals surface area (Å²) in [5, 5.41) is 0. The zero-order valence-electron chi connectivity index (χ0n) is 10.6. The lowest BCUT2D eigenvalue weighted by atomic mass is 9.97. The van der Waals surface area contributed by atoms with Gasteiger partial charge < -0.3 is 4.74 Å². The summed E-state index contributed by atoms with van der Waals surface area (Å²) < 4.78 is 41.2. The van der Waals surface area contributed by atoms with Crippen molar-refractivity contribution in [2.24, 2.45) is 0 Å². The smallest absolute Gasteiger partial charge is 0.405 e. The first-order valence-corrected chi connectivity index (χ1v) is 5.81. The van der Waals surface area contributed by atoms with Crippen molar-refractivity contribution in [2.45, 2.75) is 13.3 Å². The van der Waals surface area contributed by atoms with Crippen molar-refractivity contribution in [1.29, 1.82) is 0 Å². The molecule has 0 saturated heterocycles. The Labute approximate surface area is 113 Å². The van der Waals surface area contributed by atoms with Gasteiger partial charge in [-0.15, -0.1) is 13.2 Å². The van der Waals surface area contributed by atoms with E-state index in [0.717, 1.165) is 5.56 Å². The van der Waals surface area contributed by atoms with Crippen molar-refractivity contribution >= 4 is 6.29 Å². The number of carbonyl (C=O) groups excluding carboxylic acids is 1. The third-order valence-electron chi connectivity index (χ3n) is 2.74. The van der Waals surface area contributed by atoms with E-state index in [1.807, 2.05) is 0 Å². The van der Waals surface area contributed by atoms with Crippen molar-refractivity contribution in [1.82, 2.24) is 0 Å². The SMILES string of the molecule is Cc1ccc(C=O)c(-c2ccccc2OC(F)(F)F)c1. The summed E-state index contributed by atoms with van der Waals surface area (Å²) in [6, 6.07) is 10.7. The molecule has 0 spiro atoms. The van der Waals surface area contributed by atoms with Gasteiger partial charge in [0.15, 0.2) is 6.29 Å². The number of para-hydroxylation sites is 1. The summed E-state index contributed by atoms with van der Waals surface area (Å²) >= 11 is 0. The van der Waals surface area contributed by atoms with Crippen LogP contribution in [0, 0.1) is 6.92 Å². The summed E-state index contributed by atoms with van der Waals surface area (Å²) in [5.41, 5.74) is 1.80. The van der Waals surface area contributed by atoms with Crippen LogP contribution in [0.1, 0.15) is 15.9 Å². The molecule has 0 aliphatic carbocycles. The zero-order valence-corrected chi connectivity index (χ0v) is 10.6. The van der Waals surface area contributed by atoms with Gasteiger partial charge in [0.05, 0.1) is 0 Å². The van der Waals surface area contributed by atoms with E-state index >= 15 is 0 Å². The minimum Gasteiger partial charge on any atom is -0.405 e. The van der Waals surface area contributed by atoms with Gasteiger partial charge >= 0.3 is 6.36 Å². The van der Waals surface area contributed by atoms with Crippen LogP contribution in [0.5, 0.6) is 5.75 Å². The predicted molar refractivity (Wildman–Crippen MR) is 68.7 cm³/mol. The number of benzene rings is 2. The standard InChI is InChI=1S/C15H11F3O2/c1-10-6-7-11(9-19)13(8-10)12-4-2-3-5-14(12)20-15(16,17)18/h2-9H,1H3. The average molecular weight is 280 g/mol. The van der Waals surface area contributed by atoms with Crippen molar-refractivity contribution < 1.29 is 22.7 Å². The molecule has 0 aromatic heterocycles. The number of carbonyl (C=O) groups is 1. The third kappa shape index (κ3) is 3.17. The van der Waals surface area contributed by atoms with Gasteiger partial charge in [0.1, 0.15) is 5.75 Å². The fraction of sp³-hybridized carbons (Fsp3) is 0.133. The van der Waals surface area contributed by atoms with Crippen LogP contribution < -0.4 is 4.74 Å². The second-order valence-corrected chi connectivity index (χ2v) is 4.25. The van der Waals surface area contributed by atoms with E-state index < -0.39 is 6.36 Å². The van der Waals surface area contributed by atoms with E-state index in [-0.39, 0.29) is 11.3 Å². The molecule has 0 unspecified atom stereocenters. The fourth-order valence-electron chi connectivity index (χ4n) is 1.91. The van der Waals surface area contributed by atoms with E-state index in [4.69, 9.17) is 0 Å². The monoisotopic (exact) mass is 280 g/mol. The lowest BCUT2D eigenvalue weighted by molar-refractivity contribution is -0.274. The Balaban J connectivity index is 2.58. The van der Waals surface area contributed by atoms with E-state index in [0.29, 0.717) is 17.4 Å². The summed E-state index contributed by atoms with van der Waals surface area (Å²) in [4.78, 5) is 11.0. The lowest BCUT2D eigenvalue weighted by Crippen LogP contribution is -2.17. The second kappa shape index (κ2) is 5.36. The quantitative estimate of drug-likeness (QED) is 0.780. The molecule has 0 saturated carbocycles. The van der Waals surface area contributed by atoms with Crippen LogP contribution in [0.25, 0.3) is 11.1 Å². The molecule has 0 heterocycles. The maximum absolute atomic E-state index is 12.4. The molecule has 2 rings (SSSR count). The number of rotatable bonds is 3. The number of hydrogen-bond acceptors (Lipinski definition) is 2. The van der Waals surface area contributed by atoms with Crippen LogP contribution in [-0.2, 0) is 0 Å². The minimum atomic E-state index is -4.78. The van der Waals surface area contributed by atoms with Crippen LogP contribution in [-0.4, -0.2) is 12.6 Å². The Morgan fingerprint density at radius 2 is 1.75 bits per heavy atom. The number of aryl methyl sites for hydroxylation is 1. The summed E-state index contributed by atoms with van der Waals surface area (Å²) in [7, 11) is 0. The molecule has 0 bridgehead atoms. The Morgan fingerprint density at radius 1 is 1.05 bits per heavy atom. The van der Waals surface area contributed by atoms with E-state index in [9.17, 15) is 18.0 Å². The van der Waals surface area contributed by atoms with Crippen molar-refractivity contribution in [2.75, 3.05) is 0 Å². The van der Waals surface area contributed by atoms with Gasteiger partial charge in [-0.2, -0.15) is 0 Å². The number of hydrogen-bond donors (Lipinski definition) is 0. The molecule has 0 radical (unpaired) electrons. The van der Waals surface area contributed by atoms with Gasteiger partial charge in [0.25, 0.3) is 0 Å². The highest BCUT2D eigenvalue weighted by Gasteiger charge is 2.32. The van der Waals surface area contributed by atoms with Gasteiger partial charge in [-0.25, -0.2) is 0 Å². The highest BCUT2D eigenvalue weighted by molar-refractivity contribution is 5.89. The molecule has 5 heteroatoms. The number of alkyl halides is 3. The average Bonchev–Trinajstić information content (AvgIpc) is 2.37. The van der Waals surface area contributed by atoms with Crippen LogP contribution in [0.3, 0.4) is 0 Å². The topological polar surface area (TPSA) is 26.3 Å². The van der Waals surface area contributed by atoms with Gasteiger partial charge in [0.2, 0.25) is 0 Å². The van der Waals surface area contributed by atoms with Crippen molar-refractivity contribution in [3.8, 4) is 16.9 Å².